The molecule has 5 rings (SSSR count). The average Bonchev–Trinajstić information content (AvgIpc) is 3.41. The minimum atomic E-state index is -0.0209. The van der Waals surface area contributed by atoms with Crippen LogP contribution in [0.15, 0.2) is 58.8 Å². The first-order chi connectivity index (χ1) is 13.8. The number of thiazole rings is 1. The van der Waals surface area contributed by atoms with Gasteiger partial charge in [-0.1, -0.05) is 36.4 Å². The second kappa shape index (κ2) is 7.43. The Morgan fingerprint density at radius 3 is 2.86 bits per heavy atom. The molecule has 5 nitrogen and oxygen atoms in total. The van der Waals surface area contributed by atoms with Crippen LogP contribution in [0.4, 0.5) is 0 Å². The predicted molar refractivity (Wildman–Crippen MR) is 114 cm³/mol. The van der Waals surface area contributed by atoms with Gasteiger partial charge in [0.2, 0.25) is 0 Å². The highest BCUT2D eigenvalue weighted by atomic mass is 32.1. The van der Waals surface area contributed by atoms with Gasteiger partial charge in [-0.05, 0) is 11.4 Å². The summed E-state index contributed by atoms with van der Waals surface area (Å²) in [7, 11) is 0. The van der Waals surface area contributed by atoms with Gasteiger partial charge in [0, 0.05) is 42.7 Å². The summed E-state index contributed by atoms with van der Waals surface area (Å²) < 4.78 is 0. The first-order valence-electron chi connectivity index (χ1n) is 9.15. The van der Waals surface area contributed by atoms with Crippen molar-refractivity contribution in [2.75, 3.05) is 6.54 Å². The number of aromatic nitrogens is 3. The highest BCUT2D eigenvalue weighted by molar-refractivity contribution is 7.15. The van der Waals surface area contributed by atoms with Crippen molar-refractivity contribution >= 4 is 22.7 Å². The molecule has 1 aromatic carbocycles. The molecule has 4 aromatic rings. The Morgan fingerprint density at radius 2 is 2.04 bits per heavy atom. The highest BCUT2D eigenvalue weighted by Gasteiger charge is 2.22. The first-order valence-corrected chi connectivity index (χ1v) is 10.8. The largest absolute Gasteiger partial charge is 0.306 e. The van der Waals surface area contributed by atoms with E-state index in [-0.39, 0.29) is 5.56 Å². The van der Waals surface area contributed by atoms with Crippen LogP contribution >= 0.6 is 22.7 Å². The molecule has 0 spiro atoms. The van der Waals surface area contributed by atoms with Crippen molar-refractivity contribution < 1.29 is 0 Å². The molecule has 0 unspecified atom stereocenters. The van der Waals surface area contributed by atoms with E-state index in [2.05, 4.69) is 27.0 Å². The summed E-state index contributed by atoms with van der Waals surface area (Å²) in [5.74, 6) is 0.683. The number of benzene rings is 1. The van der Waals surface area contributed by atoms with E-state index in [1.807, 2.05) is 41.9 Å². The zero-order valence-electron chi connectivity index (χ0n) is 15.1. The molecule has 0 saturated carbocycles. The minimum Gasteiger partial charge on any atom is -0.306 e. The van der Waals surface area contributed by atoms with Crippen LogP contribution in [-0.2, 0) is 19.5 Å². The third kappa shape index (κ3) is 3.44. The molecule has 1 N–H and O–H groups in total. The van der Waals surface area contributed by atoms with Gasteiger partial charge in [0.15, 0.2) is 5.82 Å². The van der Waals surface area contributed by atoms with Crippen LogP contribution in [0.1, 0.15) is 16.1 Å². The molecule has 0 bridgehead atoms. The monoisotopic (exact) mass is 406 g/mol. The number of nitrogens with zero attached hydrogens (tertiary/aromatic N) is 3. The van der Waals surface area contributed by atoms with Gasteiger partial charge in [-0.15, -0.1) is 22.7 Å². The lowest BCUT2D eigenvalue weighted by Gasteiger charge is -2.27. The second-order valence-electron chi connectivity index (χ2n) is 6.78. The Kier molecular flexibility index (Phi) is 4.64. The number of nitrogens with one attached hydrogen (secondary N) is 1. The summed E-state index contributed by atoms with van der Waals surface area (Å²) in [5, 5.41) is 3.03. The molecule has 28 heavy (non-hydrogen) atoms. The number of H-pyrrole nitrogens is 1. The van der Waals surface area contributed by atoms with E-state index in [9.17, 15) is 4.79 Å². The van der Waals surface area contributed by atoms with Gasteiger partial charge in [-0.25, -0.2) is 9.97 Å². The summed E-state index contributed by atoms with van der Waals surface area (Å²) in [6, 6.07) is 14.2. The molecule has 0 fully saturated rings. The van der Waals surface area contributed by atoms with Gasteiger partial charge in [0.25, 0.3) is 5.56 Å². The fourth-order valence-electron chi connectivity index (χ4n) is 3.46. The molecule has 1 aliphatic heterocycles. The van der Waals surface area contributed by atoms with Crippen LogP contribution in [0.25, 0.3) is 21.3 Å². The number of hydrogen-bond donors (Lipinski definition) is 1. The van der Waals surface area contributed by atoms with Gasteiger partial charge in [-0.3, -0.25) is 9.69 Å². The lowest BCUT2D eigenvalue weighted by molar-refractivity contribution is 0.244. The zero-order chi connectivity index (χ0) is 18.9. The van der Waals surface area contributed by atoms with E-state index < -0.39 is 0 Å². The fourth-order valence-corrected chi connectivity index (χ4v) is 5.09. The molecule has 0 atom stereocenters. The van der Waals surface area contributed by atoms with E-state index >= 15 is 0 Å². The van der Waals surface area contributed by atoms with Crippen LogP contribution in [-0.4, -0.2) is 26.4 Å². The highest BCUT2D eigenvalue weighted by Crippen LogP contribution is 2.27. The summed E-state index contributed by atoms with van der Waals surface area (Å²) in [6.07, 6.45) is 2.74. The van der Waals surface area contributed by atoms with Gasteiger partial charge in [0.05, 0.1) is 16.1 Å². The molecule has 1 aliphatic rings. The summed E-state index contributed by atoms with van der Waals surface area (Å²) in [5.41, 5.74) is 2.84. The van der Waals surface area contributed by atoms with Crippen LogP contribution in [0.5, 0.6) is 0 Å². The zero-order valence-corrected chi connectivity index (χ0v) is 16.7. The predicted octanol–water partition coefficient (Wildman–Crippen LogP) is 4.18. The lowest BCUT2D eigenvalue weighted by Crippen LogP contribution is -2.35. The minimum absolute atomic E-state index is 0.0209. The summed E-state index contributed by atoms with van der Waals surface area (Å²) in [6.45, 7) is 2.32. The van der Waals surface area contributed by atoms with Crippen molar-refractivity contribution in [3.63, 3.8) is 0 Å². The van der Waals surface area contributed by atoms with Crippen molar-refractivity contribution in [3.8, 4) is 21.3 Å². The molecule has 3 aromatic heterocycles. The molecule has 140 valence electrons. The third-order valence-electron chi connectivity index (χ3n) is 4.86. The maximum Gasteiger partial charge on any atom is 0.255 e. The number of fused-ring (bicyclic) bond motifs is 1. The number of thiophene rings is 1. The first kappa shape index (κ1) is 17.5. The summed E-state index contributed by atoms with van der Waals surface area (Å²) in [4.78, 5) is 29.4. The van der Waals surface area contributed by atoms with E-state index in [0.717, 1.165) is 46.2 Å². The topological polar surface area (TPSA) is 61.9 Å². The third-order valence-corrected chi connectivity index (χ3v) is 6.76. The Hall–Kier alpha value is -2.61. The van der Waals surface area contributed by atoms with Crippen molar-refractivity contribution in [1.82, 2.24) is 19.9 Å². The Morgan fingerprint density at radius 1 is 1.14 bits per heavy atom. The molecule has 0 amide bonds. The maximum atomic E-state index is 12.6. The van der Waals surface area contributed by atoms with Crippen molar-refractivity contribution in [3.05, 3.63) is 80.5 Å². The quantitative estimate of drug-likeness (QED) is 0.552. The summed E-state index contributed by atoms with van der Waals surface area (Å²) >= 11 is 3.30. The molecule has 7 heteroatoms. The standard InChI is InChI=1S/C21H18N4OS2/c26-20-16-13-25(9-8-17(16)23-19(24-20)18-7-4-10-27-18)12-15-11-22-21(28-15)14-5-2-1-3-6-14/h1-7,10-11H,8-9,12-13H2,(H,23,24,26). The fraction of sp³-hybridized carbons (Fsp3) is 0.190. The molecular weight excluding hydrogens is 388 g/mol. The second-order valence-corrected chi connectivity index (χ2v) is 8.84. The van der Waals surface area contributed by atoms with E-state index in [4.69, 9.17) is 4.98 Å². The van der Waals surface area contributed by atoms with Crippen LogP contribution in [0.3, 0.4) is 0 Å². The van der Waals surface area contributed by atoms with Gasteiger partial charge in [0.1, 0.15) is 5.01 Å². The van der Waals surface area contributed by atoms with E-state index in [0.29, 0.717) is 12.4 Å². The molecular formula is C21H18N4OS2. The van der Waals surface area contributed by atoms with Crippen molar-refractivity contribution in [1.29, 1.82) is 0 Å². The van der Waals surface area contributed by atoms with Crippen molar-refractivity contribution in [2.24, 2.45) is 0 Å². The van der Waals surface area contributed by atoms with Crippen LogP contribution in [0, 0.1) is 0 Å². The number of hydrogen-bond acceptors (Lipinski definition) is 6. The van der Waals surface area contributed by atoms with E-state index in [1.165, 1.54) is 4.88 Å². The number of rotatable bonds is 4. The SMILES string of the molecule is O=c1[nH]c(-c2cccs2)nc2c1CN(Cc1cnc(-c3ccccc3)s1)CC2. The van der Waals surface area contributed by atoms with Gasteiger partial charge < -0.3 is 4.98 Å². The van der Waals surface area contributed by atoms with Gasteiger partial charge in [-0.2, -0.15) is 0 Å². The smallest absolute Gasteiger partial charge is 0.255 e. The van der Waals surface area contributed by atoms with Crippen LogP contribution < -0.4 is 5.56 Å². The molecule has 4 heterocycles. The average molecular weight is 407 g/mol. The van der Waals surface area contributed by atoms with Crippen LogP contribution in [0.2, 0.25) is 0 Å². The Balaban J connectivity index is 1.34. The Bertz CT molecular complexity index is 1150. The molecule has 0 aliphatic carbocycles. The van der Waals surface area contributed by atoms with Gasteiger partial charge >= 0.3 is 0 Å². The maximum absolute atomic E-state index is 12.6. The lowest BCUT2D eigenvalue weighted by atomic mass is 10.1. The van der Waals surface area contributed by atoms with Crippen molar-refractivity contribution in [2.45, 2.75) is 19.5 Å². The normalized spacial score (nSPS) is 14.1. The van der Waals surface area contributed by atoms with E-state index in [1.54, 1.807) is 22.7 Å². The molecule has 0 saturated heterocycles. The molecule has 0 radical (unpaired) electrons. The number of aromatic amines is 1. The Labute approximate surface area is 170 Å².